The molecule has 1 aromatic heterocycles. The van der Waals surface area contributed by atoms with Crippen LogP contribution in [0.15, 0.2) is 59.7 Å². The first-order valence-corrected chi connectivity index (χ1v) is 9.59. The molecule has 7 nitrogen and oxygen atoms in total. The van der Waals surface area contributed by atoms with E-state index in [9.17, 15) is 4.79 Å². The van der Waals surface area contributed by atoms with Gasteiger partial charge < -0.3 is 4.90 Å². The number of carbonyl (C=O) groups excluding carboxylic acids is 1. The van der Waals surface area contributed by atoms with Gasteiger partial charge in [0.2, 0.25) is 5.91 Å². The number of piperidine rings is 1. The van der Waals surface area contributed by atoms with Crippen molar-refractivity contribution in [2.75, 3.05) is 26.7 Å². The molecule has 1 fully saturated rings. The SMILES string of the molecule is CN(Cc1ccccc1)C(=O)CN1CCC2(CC1)N=C(c1ccccn1)NO2. The molecular weight excluding hydrogens is 354 g/mol. The monoisotopic (exact) mass is 379 g/mol. The van der Waals surface area contributed by atoms with Gasteiger partial charge in [-0.2, -0.15) is 0 Å². The summed E-state index contributed by atoms with van der Waals surface area (Å²) in [6, 6.07) is 15.8. The summed E-state index contributed by atoms with van der Waals surface area (Å²) in [5, 5.41) is 0. The Balaban J connectivity index is 1.30. The molecule has 1 N–H and O–H groups in total. The van der Waals surface area contributed by atoms with E-state index in [-0.39, 0.29) is 5.91 Å². The second-order valence-electron chi connectivity index (χ2n) is 7.34. The number of carbonyl (C=O) groups is 1. The van der Waals surface area contributed by atoms with Crippen molar-refractivity contribution in [1.82, 2.24) is 20.3 Å². The van der Waals surface area contributed by atoms with Gasteiger partial charge in [0.1, 0.15) is 5.69 Å². The summed E-state index contributed by atoms with van der Waals surface area (Å²) in [6.07, 6.45) is 3.22. The summed E-state index contributed by atoms with van der Waals surface area (Å²) < 4.78 is 0. The first-order chi connectivity index (χ1) is 13.6. The van der Waals surface area contributed by atoms with Crippen LogP contribution in [0.5, 0.6) is 0 Å². The number of likely N-dealkylation sites (N-methyl/N-ethyl adjacent to an activating group) is 1. The van der Waals surface area contributed by atoms with Crippen molar-refractivity contribution < 1.29 is 9.63 Å². The lowest BCUT2D eigenvalue weighted by atomic mass is 10.0. The first-order valence-electron chi connectivity index (χ1n) is 9.59. The summed E-state index contributed by atoms with van der Waals surface area (Å²) in [6.45, 7) is 2.59. The Morgan fingerprint density at radius 1 is 1.18 bits per heavy atom. The molecule has 2 aromatic rings. The van der Waals surface area contributed by atoms with Gasteiger partial charge in [-0.05, 0) is 17.7 Å². The highest BCUT2D eigenvalue weighted by Gasteiger charge is 2.41. The third-order valence-electron chi connectivity index (χ3n) is 5.25. The molecule has 2 aliphatic heterocycles. The summed E-state index contributed by atoms with van der Waals surface area (Å²) in [4.78, 5) is 31.4. The predicted octanol–water partition coefficient (Wildman–Crippen LogP) is 1.81. The highest BCUT2D eigenvalue weighted by Crippen LogP contribution is 2.30. The number of nitrogens with one attached hydrogen (secondary N) is 1. The fourth-order valence-corrected chi connectivity index (χ4v) is 3.54. The highest BCUT2D eigenvalue weighted by molar-refractivity contribution is 5.97. The fourth-order valence-electron chi connectivity index (χ4n) is 3.54. The predicted molar refractivity (Wildman–Crippen MR) is 106 cm³/mol. The molecule has 7 heteroatoms. The number of amides is 1. The molecule has 0 unspecified atom stereocenters. The number of pyridine rings is 1. The molecule has 1 amide bonds. The topological polar surface area (TPSA) is 70.1 Å². The molecular formula is C21H25N5O2. The van der Waals surface area contributed by atoms with Crippen molar-refractivity contribution in [2.24, 2.45) is 4.99 Å². The van der Waals surface area contributed by atoms with Gasteiger partial charge >= 0.3 is 0 Å². The van der Waals surface area contributed by atoms with E-state index in [2.05, 4.69) is 15.4 Å². The van der Waals surface area contributed by atoms with E-state index in [1.54, 1.807) is 11.1 Å². The Morgan fingerprint density at radius 2 is 1.93 bits per heavy atom. The molecule has 4 rings (SSSR count). The highest BCUT2D eigenvalue weighted by atomic mass is 16.7. The average molecular weight is 379 g/mol. The fraction of sp³-hybridized carbons (Fsp3) is 0.381. The van der Waals surface area contributed by atoms with Crippen LogP contribution in [0.4, 0.5) is 0 Å². The quantitative estimate of drug-likeness (QED) is 0.858. The number of benzene rings is 1. The minimum absolute atomic E-state index is 0.128. The van der Waals surface area contributed by atoms with Crippen LogP contribution in [0.25, 0.3) is 0 Å². The second kappa shape index (κ2) is 8.08. The molecule has 3 heterocycles. The maximum absolute atomic E-state index is 12.6. The van der Waals surface area contributed by atoms with Crippen LogP contribution in [-0.2, 0) is 16.2 Å². The molecule has 0 saturated carbocycles. The van der Waals surface area contributed by atoms with Crippen LogP contribution in [0.2, 0.25) is 0 Å². The standard InChI is InChI=1S/C21H25N5O2/c1-25(15-17-7-3-2-4-8-17)19(27)16-26-13-10-21(11-14-26)23-20(24-28-21)18-9-5-6-12-22-18/h2-9,12H,10-11,13-16H2,1H3,(H,23,24). The number of amidine groups is 1. The number of aliphatic imine (C=N–C) groups is 1. The van der Waals surface area contributed by atoms with E-state index in [0.29, 0.717) is 18.9 Å². The van der Waals surface area contributed by atoms with Gasteiger partial charge in [0, 0.05) is 45.7 Å². The van der Waals surface area contributed by atoms with Crippen LogP contribution in [0, 0.1) is 0 Å². The number of rotatable bonds is 5. The van der Waals surface area contributed by atoms with E-state index in [0.717, 1.165) is 37.2 Å². The van der Waals surface area contributed by atoms with Gasteiger partial charge in [-0.25, -0.2) is 15.3 Å². The summed E-state index contributed by atoms with van der Waals surface area (Å²) in [7, 11) is 1.86. The van der Waals surface area contributed by atoms with Gasteiger partial charge in [-0.3, -0.25) is 14.7 Å². The van der Waals surface area contributed by atoms with Crippen LogP contribution >= 0.6 is 0 Å². The number of hydroxylamine groups is 1. The van der Waals surface area contributed by atoms with Crippen LogP contribution in [0.3, 0.4) is 0 Å². The Labute approximate surface area is 165 Å². The number of hydrogen-bond acceptors (Lipinski definition) is 6. The van der Waals surface area contributed by atoms with E-state index in [1.807, 2.05) is 55.6 Å². The number of aromatic nitrogens is 1. The molecule has 1 saturated heterocycles. The Bertz CT molecular complexity index is 832. The Hall–Kier alpha value is -2.77. The summed E-state index contributed by atoms with van der Waals surface area (Å²) in [5.74, 6) is 0.802. The molecule has 2 aliphatic rings. The molecule has 146 valence electrons. The van der Waals surface area contributed by atoms with Crippen molar-refractivity contribution >= 4 is 11.7 Å². The third kappa shape index (κ3) is 4.21. The first kappa shape index (κ1) is 18.6. The zero-order chi connectivity index (χ0) is 19.4. The molecule has 28 heavy (non-hydrogen) atoms. The Morgan fingerprint density at radius 3 is 2.64 bits per heavy atom. The minimum Gasteiger partial charge on any atom is -0.340 e. The van der Waals surface area contributed by atoms with Gasteiger partial charge in [0.15, 0.2) is 11.6 Å². The average Bonchev–Trinajstić information content (AvgIpc) is 3.15. The van der Waals surface area contributed by atoms with Gasteiger partial charge in [0.05, 0.1) is 6.54 Å². The number of likely N-dealkylation sites (tertiary alicyclic amines) is 1. The lowest BCUT2D eigenvalue weighted by Gasteiger charge is -2.35. The maximum Gasteiger partial charge on any atom is 0.236 e. The lowest BCUT2D eigenvalue weighted by molar-refractivity contribution is -0.134. The summed E-state index contributed by atoms with van der Waals surface area (Å²) >= 11 is 0. The van der Waals surface area contributed by atoms with Gasteiger partial charge in [-0.1, -0.05) is 36.4 Å². The lowest BCUT2D eigenvalue weighted by Crippen LogP contribution is -2.47. The minimum atomic E-state index is -0.553. The molecule has 1 aromatic carbocycles. The van der Waals surface area contributed by atoms with Gasteiger partial charge in [-0.15, -0.1) is 0 Å². The van der Waals surface area contributed by atoms with E-state index < -0.39 is 5.72 Å². The molecule has 0 aliphatic carbocycles. The van der Waals surface area contributed by atoms with E-state index in [1.165, 1.54) is 0 Å². The van der Waals surface area contributed by atoms with Crippen LogP contribution in [0.1, 0.15) is 24.1 Å². The van der Waals surface area contributed by atoms with Crippen molar-refractivity contribution in [1.29, 1.82) is 0 Å². The van der Waals surface area contributed by atoms with Crippen molar-refractivity contribution in [3.63, 3.8) is 0 Å². The third-order valence-corrected chi connectivity index (χ3v) is 5.25. The van der Waals surface area contributed by atoms with Gasteiger partial charge in [0.25, 0.3) is 0 Å². The largest absolute Gasteiger partial charge is 0.340 e. The smallest absolute Gasteiger partial charge is 0.236 e. The normalized spacial score (nSPS) is 18.5. The second-order valence-corrected chi connectivity index (χ2v) is 7.34. The van der Waals surface area contributed by atoms with Crippen molar-refractivity contribution in [3.8, 4) is 0 Å². The van der Waals surface area contributed by atoms with Crippen molar-refractivity contribution in [3.05, 3.63) is 66.0 Å². The Kier molecular flexibility index (Phi) is 5.36. The van der Waals surface area contributed by atoms with Crippen LogP contribution in [-0.4, -0.2) is 58.9 Å². The zero-order valence-electron chi connectivity index (χ0n) is 16.0. The molecule has 0 radical (unpaired) electrons. The van der Waals surface area contributed by atoms with E-state index >= 15 is 0 Å². The molecule has 0 bridgehead atoms. The zero-order valence-corrected chi connectivity index (χ0v) is 16.0. The molecule has 1 spiro atoms. The maximum atomic E-state index is 12.6. The van der Waals surface area contributed by atoms with E-state index in [4.69, 9.17) is 9.83 Å². The van der Waals surface area contributed by atoms with Crippen LogP contribution < -0.4 is 5.48 Å². The molecule has 0 atom stereocenters. The van der Waals surface area contributed by atoms with Crippen molar-refractivity contribution in [2.45, 2.75) is 25.1 Å². The number of nitrogens with zero attached hydrogens (tertiary/aromatic N) is 4. The number of hydrogen-bond donors (Lipinski definition) is 1. The summed E-state index contributed by atoms with van der Waals surface area (Å²) in [5.41, 5.74) is 4.29.